The molecule has 0 spiro atoms. The third-order valence-electron chi connectivity index (χ3n) is 5.18. The zero-order valence-electron chi connectivity index (χ0n) is 16.5. The molecule has 0 saturated carbocycles. The van der Waals surface area contributed by atoms with Crippen molar-refractivity contribution >= 4 is 27.5 Å². The predicted octanol–water partition coefficient (Wildman–Crippen LogP) is 3.63. The van der Waals surface area contributed by atoms with E-state index in [1.54, 1.807) is 19.2 Å². The first kappa shape index (κ1) is 21.6. The minimum atomic E-state index is -3.65. The van der Waals surface area contributed by atoms with Gasteiger partial charge in [0, 0.05) is 18.1 Å². The number of sulfonamides is 1. The summed E-state index contributed by atoms with van der Waals surface area (Å²) in [5.74, 6) is 0.235. The smallest absolute Gasteiger partial charge is 0.243 e. The van der Waals surface area contributed by atoms with Gasteiger partial charge in [-0.3, -0.25) is 4.79 Å². The van der Waals surface area contributed by atoms with Crippen molar-refractivity contribution in [2.45, 2.75) is 30.7 Å². The van der Waals surface area contributed by atoms with Crippen LogP contribution in [0.4, 0.5) is 0 Å². The minimum absolute atomic E-state index is 0.135. The largest absolute Gasteiger partial charge is 0.497 e. The average Bonchev–Trinajstić information content (AvgIpc) is 2.74. The molecule has 0 bridgehead atoms. The van der Waals surface area contributed by atoms with Gasteiger partial charge in [0.2, 0.25) is 15.9 Å². The van der Waals surface area contributed by atoms with Crippen molar-refractivity contribution in [3.63, 3.8) is 0 Å². The van der Waals surface area contributed by atoms with E-state index in [2.05, 4.69) is 5.32 Å². The summed E-state index contributed by atoms with van der Waals surface area (Å²) in [5.41, 5.74) is 0.959. The first-order chi connectivity index (χ1) is 13.8. The number of carbonyl (C=O) groups excluding carboxylic acids is 1. The van der Waals surface area contributed by atoms with Crippen LogP contribution in [0.1, 0.15) is 31.4 Å². The molecule has 0 radical (unpaired) electrons. The molecule has 2 atom stereocenters. The summed E-state index contributed by atoms with van der Waals surface area (Å²) in [5, 5.41) is 3.48. The van der Waals surface area contributed by atoms with E-state index >= 15 is 0 Å². The van der Waals surface area contributed by atoms with Crippen LogP contribution in [0.2, 0.25) is 5.02 Å². The number of hydrogen-bond acceptors (Lipinski definition) is 4. The van der Waals surface area contributed by atoms with Gasteiger partial charge in [-0.1, -0.05) is 23.7 Å². The Morgan fingerprint density at radius 1 is 1.17 bits per heavy atom. The number of methoxy groups -OCH3 is 1. The van der Waals surface area contributed by atoms with E-state index in [9.17, 15) is 13.2 Å². The third-order valence-corrected chi connectivity index (χ3v) is 7.31. The molecule has 3 rings (SSSR count). The maximum absolute atomic E-state index is 12.9. The molecule has 0 unspecified atom stereocenters. The number of nitrogens with one attached hydrogen (secondary N) is 1. The molecule has 0 aliphatic carbocycles. The Labute approximate surface area is 176 Å². The second-order valence-electron chi connectivity index (χ2n) is 7.16. The van der Waals surface area contributed by atoms with E-state index < -0.39 is 10.0 Å². The Morgan fingerprint density at radius 2 is 1.83 bits per heavy atom. The Hall–Kier alpha value is -2.09. The molecule has 1 saturated heterocycles. The molecular weight excluding hydrogens is 412 g/mol. The number of amides is 1. The van der Waals surface area contributed by atoms with Gasteiger partial charge in [0.25, 0.3) is 0 Å². The molecule has 1 aliphatic rings. The van der Waals surface area contributed by atoms with Crippen LogP contribution >= 0.6 is 11.6 Å². The molecule has 29 heavy (non-hydrogen) atoms. The Kier molecular flexibility index (Phi) is 6.82. The van der Waals surface area contributed by atoms with E-state index in [-0.39, 0.29) is 29.3 Å². The first-order valence-electron chi connectivity index (χ1n) is 9.51. The first-order valence-corrected chi connectivity index (χ1v) is 11.3. The summed E-state index contributed by atoms with van der Waals surface area (Å²) < 4.78 is 32.4. The molecule has 1 heterocycles. The number of halogens is 1. The Balaban J connectivity index is 1.66. The summed E-state index contributed by atoms with van der Waals surface area (Å²) >= 11 is 5.86. The fourth-order valence-electron chi connectivity index (χ4n) is 3.44. The molecule has 2 aromatic carbocycles. The van der Waals surface area contributed by atoms with Crippen molar-refractivity contribution < 1.29 is 17.9 Å². The van der Waals surface area contributed by atoms with Crippen molar-refractivity contribution in [2.24, 2.45) is 5.92 Å². The third kappa shape index (κ3) is 5.10. The van der Waals surface area contributed by atoms with Crippen LogP contribution in [0.5, 0.6) is 5.75 Å². The Bertz CT molecular complexity index is 946. The van der Waals surface area contributed by atoms with Gasteiger partial charge in [0.05, 0.1) is 24.0 Å². The molecule has 1 fully saturated rings. The van der Waals surface area contributed by atoms with E-state index in [1.165, 1.54) is 16.4 Å². The summed E-state index contributed by atoms with van der Waals surface area (Å²) in [6.45, 7) is 2.49. The number of hydrogen-bond donors (Lipinski definition) is 1. The predicted molar refractivity (Wildman–Crippen MR) is 112 cm³/mol. The van der Waals surface area contributed by atoms with E-state index in [4.69, 9.17) is 16.3 Å². The van der Waals surface area contributed by atoms with Gasteiger partial charge < -0.3 is 10.1 Å². The zero-order valence-corrected chi connectivity index (χ0v) is 18.0. The molecule has 1 N–H and O–H groups in total. The van der Waals surface area contributed by atoms with Gasteiger partial charge in [-0.15, -0.1) is 0 Å². The SMILES string of the molecule is COc1ccc([C@H](C)NC(=O)[C@H]2CCCN(S(=O)(=O)c3ccc(Cl)cc3)C2)cc1. The number of ether oxygens (including phenoxy) is 1. The van der Waals surface area contributed by atoms with Crippen LogP contribution in [0, 0.1) is 5.92 Å². The highest BCUT2D eigenvalue weighted by Gasteiger charge is 2.33. The molecule has 156 valence electrons. The van der Waals surface area contributed by atoms with Gasteiger partial charge >= 0.3 is 0 Å². The fraction of sp³-hybridized carbons (Fsp3) is 0.381. The van der Waals surface area contributed by atoms with Crippen LogP contribution in [-0.2, 0) is 14.8 Å². The van der Waals surface area contributed by atoms with Crippen molar-refractivity contribution in [1.29, 1.82) is 0 Å². The molecule has 1 amide bonds. The highest BCUT2D eigenvalue weighted by Crippen LogP contribution is 2.26. The van der Waals surface area contributed by atoms with Gasteiger partial charge in [-0.25, -0.2) is 8.42 Å². The number of rotatable bonds is 6. The van der Waals surface area contributed by atoms with Crippen LogP contribution in [0.3, 0.4) is 0 Å². The van der Waals surface area contributed by atoms with E-state index in [1.807, 2.05) is 31.2 Å². The van der Waals surface area contributed by atoms with Crippen LogP contribution in [-0.4, -0.2) is 38.8 Å². The highest BCUT2D eigenvalue weighted by molar-refractivity contribution is 7.89. The standard InChI is InChI=1S/C21H25ClN2O4S/c1-15(16-5-9-19(28-2)10-6-16)23-21(25)17-4-3-13-24(14-17)29(26,27)20-11-7-18(22)8-12-20/h5-12,15,17H,3-4,13-14H2,1-2H3,(H,23,25)/t15-,17-/m0/s1. The molecule has 1 aliphatic heterocycles. The van der Waals surface area contributed by atoms with Gasteiger partial charge in [-0.05, 0) is 61.7 Å². The van der Waals surface area contributed by atoms with Gasteiger partial charge in [0.1, 0.15) is 5.75 Å². The second kappa shape index (κ2) is 9.15. The lowest BCUT2D eigenvalue weighted by atomic mass is 9.98. The summed E-state index contributed by atoms with van der Waals surface area (Å²) in [4.78, 5) is 13.0. The van der Waals surface area contributed by atoms with Crippen LogP contribution in [0.15, 0.2) is 53.4 Å². The summed E-state index contributed by atoms with van der Waals surface area (Å²) in [6.07, 6.45) is 1.30. The summed E-state index contributed by atoms with van der Waals surface area (Å²) in [7, 11) is -2.05. The lowest BCUT2D eigenvalue weighted by Crippen LogP contribution is -2.45. The van der Waals surface area contributed by atoms with Gasteiger partial charge in [0.15, 0.2) is 0 Å². The lowest BCUT2D eigenvalue weighted by Gasteiger charge is -2.32. The minimum Gasteiger partial charge on any atom is -0.497 e. The molecule has 0 aromatic heterocycles. The topological polar surface area (TPSA) is 75.7 Å². The normalized spacial score (nSPS) is 18.8. The quantitative estimate of drug-likeness (QED) is 0.750. The molecule has 2 aromatic rings. The van der Waals surface area contributed by atoms with Crippen LogP contribution in [0.25, 0.3) is 0 Å². The van der Waals surface area contributed by atoms with Crippen molar-refractivity contribution in [3.8, 4) is 5.75 Å². The lowest BCUT2D eigenvalue weighted by molar-refractivity contribution is -0.126. The molecule has 6 nitrogen and oxygen atoms in total. The number of piperidine rings is 1. The molecular formula is C21H25ClN2O4S. The number of benzene rings is 2. The van der Waals surface area contributed by atoms with Crippen molar-refractivity contribution in [2.75, 3.05) is 20.2 Å². The second-order valence-corrected chi connectivity index (χ2v) is 9.53. The highest BCUT2D eigenvalue weighted by atomic mass is 35.5. The van der Waals surface area contributed by atoms with E-state index in [0.717, 1.165) is 11.3 Å². The van der Waals surface area contributed by atoms with Crippen molar-refractivity contribution in [1.82, 2.24) is 9.62 Å². The maximum atomic E-state index is 12.9. The maximum Gasteiger partial charge on any atom is 0.243 e. The summed E-state index contributed by atoms with van der Waals surface area (Å²) in [6, 6.07) is 13.4. The number of carbonyl (C=O) groups is 1. The molecule has 8 heteroatoms. The monoisotopic (exact) mass is 436 g/mol. The fourth-order valence-corrected chi connectivity index (χ4v) is 5.09. The Morgan fingerprint density at radius 3 is 2.45 bits per heavy atom. The van der Waals surface area contributed by atoms with E-state index in [0.29, 0.717) is 24.4 Å². The van der Waals surface area contributed by atoms with Gasteiger partial charge in [-0.2, -0.15) is 4.31 Å². The number of nitrogens with zero attached hydrogens (tertiary/aromatic N) is 1. The average molecular weight is 437 g/mol. The van der Waals surface area contributed by atoms with Crippen molar-refractivity contribution in [3.05, 3.63) is 59.1 Å². The zero-order chi connectivity index (χ0) is 21.0. The van der Waals surface area contributed by atoms with Crippen LogP contribution < -0.4 is 10.1 Å².